The number of anilines is 1. The molecular formula is C12H19N3O. The quantitative estimate of drug-likeness (QED) is 0.606. The summed E-state index contributed by atoms with van der Waals surface area (Å²) in [6, 6.07) is 0. The largest absolute Gasteiger partial charge is 0.312 e. The van der Waals surface area contributed by atoms with Gasteiger partial charge < -0.3 is 4.57 Å². The van der Waals surface area contributed by atoms with Gasteiger partial charge in [-0.25, -0.2) is 10.5 Å². The summed E-state index contributed by atoms with van der Waals surface area (Å²) in [5, 5.41) is 8.77. The third-order valence-electron chi connectivity index (χ3n) is 1.85. The van der Waals surface area contributed by atoms with Gasteiger partial charge in [0.05, 0.1) is 11.4 Å². The molecule has 0 atom stereocenters. The van der Waals surface area contributed by atoms with Crippen molar-refractivity contribution in [1.82, 2.24) is 9.55 Å². The van der Waals surface area contributed by atoms with E-state index in [-0.39, 0.29) is 0 Å². The molecule has 0 fully saturated rings. The van der Waals surface area contributed by atoms with Crippen molar-refractivity contribution in [3.63, 3.8) is 0 Å². The summed E-state index contributed by atoms with van der Waals surface area (Å²) in [7, 11) is 1.79. The van der Waals surface area contributed by atoms with Gasteiger partial charge in [0.15, 0.2) is 0 Å². The number of allylic oxidation sites excluding steroid dienone is 2. The highest BCUT2D eigenvalue weighted by Crippen LogP contribution is 2.16. The highest BCUT2D eigenvalue weighted by atomic mass is 16.5. The predicted octanol–water partition coefficient (Wildman–Crippen LogP) is 3.09. The first-order chi connectivity index (χ1) is 7.74. The van der Waals surface area contributed by atoms with Crippen LogP contribution in [0.1, 0.15) is 25.2 Å². The molecule has 0 unspecified atom stereocenters. The maximum Gasteiger partial charge on any atom is 0.227 e. The van der Waals surface area contributed by atoms with E-state index in [4.69, 9.17) is 5.21 Å². The summed E-state index contributed by atoms with van der Waals surface area (Å²) in [6.07, 6.45) is 6.94. The highest BCUT2D eigenvalue weighted by molar-refractivity contribution is 5.62. The summed E-state index contributed by atoms with van der Waals surface area (Å²) in [4.78, 5) is 4.10. The van der Waals surface area contributed by atoms with Crippen LogP contribution in [-0.2, 0) is 7.05 Å². The lowest BCUT2D eigenvalue weighted by atomic mass is 10.3. The number of aromatic nitrogens is 2. The van der Waals surface area contributed by atoms with E-state index in [1.165, 1.54) is 0 Å². The molecule has 0 aliphatic carbocycles. The Hall–Kier alpha value is -1.81. The fourth-order valence-electron chi connectivity index (χ4n) is 1.14. The van der Waals surface area contributed by atoms with Gasteiger partial charge >= 0.3 is 0 Å². The van der Waals surface area contributed by atoms with E-state index in [1.54, 1.807) is 29.8 Å². The number of hydrogen-bond donors (Lipinski definition) is 2. The molecule has 0 amide bonds. The van der Waals surface area contributed by atoms with Crippen LogP contribution >= 0.6 is 0 Å². The van der Waals surface area contributed by atoms with E-state index < -0.39 is 0 Å². The van der Waals surface area contributed by atoms with Crippen molar-refractivity contribution in [3.05, 3.63) is 36.7 Å². The minimum atomic E-state index is 0.378. The Morgan fingerprint density at radius 2 is 2.00 bits per heavy atom. The molecule has 1 aromatic rings. The zero-order valence-corrected chi connectivity index (χ0v) is 10.1. The second-order valence-electron chi connectivity index (χ2n) is 2.68. The molecule has 1 heterocycles. The molecule has 4 heteroatoms. The Kier molecular flexibility index (Phi) is 6.63. The van der Waals surface area contributed by atoms with E-state index in [0.29, 0.717) is 11.6 Å². The molecule has 0 spiro atoms. The van der Waals surface area contributed by atoms with Crippen LogP contribution in [0.5, 0.6) is 0 Å². The standard InChI is InChI=1S/C10H13N3O.C2H6/c1-4-6-7-9-8(5-2)11-10(12-14)13(9)3;1-2/h4-7,14H,1-2H2,3H3,(H,11,12);1-2H3/b7-6-;. The first-order valence-electron chi connectivity index (χ1n) is 5.13. The van der Waals surface area contributed by atoms with Crippen molar-refractivity contribution >= 4 is 18.1 Å². The molecule has 2 N–H and O–H groups in total. The molecule has 0 saturated heterocycles. The monoisotopic (exact) mass is 221 g/mol. The van der Waals surface area contributed by atoms with Crippen LogP contribution in [0.15, 0.2) is 25.3 Å². The fraction of sp³-hybridized carbons (Fsp3) is 0.250. The van der Waals surface area contributed by atoms with Crippen molar-refractivity contribution in [3.8, 4) is 0 Å². The highest BCUT2D eigenvalue weighted by Gasteiger charge is 2.08. The van der Waals surface area contributed by atoms with Crippen LogP contribution < -0.4 is 5.48 Å². The molecule has 1 aromatic heterocycles. The summed E-state index contributed by atoms with van der Waals surface area (Å²) >= 11 is 0. The number of rotatable bonds is 4. The van der Waals surface area contributed by atoms with E-state index in [0.717, 1.165) is 5.69 Å². The van der Waals surface area contributed by atoms with Crippen LogP contribution in [0, 0.1) is 0 Å². The number of nitrogens with one attached hydrogen (secondary N) is 1. The van der Waals surface area contributed by atoms with Crippen molar-refractivity contribution < 1.29 is 5.21 Å². The third kappa shape index (κ3) is 3.10. The number of nitrogens with zero attached hydrogens (tertiary/aromatic N) is 2. The fourth-order valence-corrected chi connectivity index (χ4v) is 1.14. The molecule has 16 heavy (non-hydrogen) atoms. The second-order valence-corrected chi connectivity index (χ2v) is 2.68. The van der Waals surface area contributed by atoms with Crippen LogP contribution in [0.25, 0.3) is 12.2 Å². The van der Waals surface area contributed by atoms with Gasteiger partial charge in [0, 0.05) is 7.05 Å². The SMILES string of the molecule is C=C/C=C\c1c(C=C)nc(NO)n1C.CC. The smallest absolute Gasteiger partial charge is 0.227 e. The maximum atomic E-state index is 8.77. The minimum absolute atomic E-state index is 0.378. The van der Waals surface area contributed by atoms with Gasteiger partial charge in [0.2, 0.25) is 5.95 Å². The normalized spacial score (nSPS) is 9.50. The lowest BCUT2D eigenvalue weighted by Gasteiger charge is -1.99. The van der Waals surface area contributed by atoms with Crippen molar-refractivity contribution in [1.29, 1.82) is 0 Å². The molecule has 0 aromatic carbocycles. The first kappa shape index (κ1) is 14.2. The topological polar surface area (TPSA) is 50.1 Å². The number of imidazole rings is 1. The summed E-state index contributed by atoms with van der Waals surface area (Å²) in [6.45, 7) is 11.2. The Morgan fingerprint density at radius 3 is 2.44 bits per heavy atom. The van der Waals surface area contributed by atoms with Gasteiger partial charge in [-0.1, -0.05) is 39.2 Å². The van der Waals surface area contributed by atoms with Crippen LogP contribution in [0.4, 0.5) is 5.95 Å². The van der Waals surface area contributed by atoms with E-state index in [2.05, 4.69) is 18.1 Å². The van der Waals surface area contributed by atoms with Crippen LogP contribution in [0.3, 0.4) is 0 Å². The van der Waals surface area contributed by atoms with Gasteiger partial charge in [-0.05, 0) is 12.2 Å². The lowest BCUT2D eigenvalue weighted by molar-refractivity contribution is 0.380. The molecule has 0 aliphatic rings. The Labute approximate surface area is 96.6 Å². The van der Waals surface area contributed by atoms with Gasteiger partial charge in [0.1, 0.15) is 0 Å². The van der Waals surface area contributed by atoms with E-state index >= 15 is 0 Å². The molecule has 0 bridgehead atoms. The predicted molar refractivity (Wildman–Crippen MR) is 69.3 cm³/mol. The van der Waals surface area contributed by atoms with Gasteiger partial charge in [-0.15, -0.1) is 0 Å². The summed E-state index contributed by atoms with van der Waals surface area (Å²) in [5.74, 6) is 0.378. The maximum absolute atomic E-state index is 8.77. The zero-order valence-electron chi connectivity index (χ0n) is 10.1. The molecular weight excluding hydrogens is 202 g/mol. The molecule has 0 saturated carbocycles. The Morgan fingerprint density at radius 1 is 1.38 bits per heavy atom. The first-order valence-corrected chi connectivity index (χ1v) is 5.13. The number of hydrogen-bond acceptors (Lipinski definition) is 3. The molecule has 88 valence electrons. The average Bonchev–Trinajstić information content (AvgIpc) is 2.65. The second kappa shape index (κ2) is 7.48. The van der Waals surface area contributed by atoms with Crippen LogP contribution in [-0.4, -0.2) is 14.8 Å². The lowest BCUT2D eigenvalue weighted by Crippen LogP contribution is -1.99. The van der Waals surface area contributed by atoms with Crippen molar-refractivity contribution in [2.75, 3.05) is 5.48 Å². The Balaban J connectivity index is 0.00000106. The molecule has 4 nitrogen and oxygen atoms in total. The van der Waals surface area contributed by atoms with E-state index in [9.17, 15) is 0 Å². The molecule has 0 aliphatic heterocycles. The molecule has 0 radical (unpaired) electrons. The van der Waals surface area contributed by atoms with E-state index in [1.807, 2.05) is 25.4 Å². The third-order valence-corrected chi connectivity index (χ3v) is 1.85. The zero-order chi connectivity index (χ0) is 12.6. The summed E-state index contributed by atoms with van der Waals surface area (Å²) < 4.78 is 1.72. The van der Waals surface area contributed by atoms with Gasteiger partial charge in [-0.2, -0.15) is 0 Å². The van der Waals surface area contributed by atoms with Gasteiger partial charge in [0.25, 0.3) is 0 Å². The Bertz CT molecular complexity index is 378. The summed E-state index contributed by atoms with van der Waals surface area (Å²) in [5.41, 5.74) is 3.58. The molecule has 1 rings (SSSR count). The van der Waals surface area contributed by atoms with Crippen LogP contribution in [0.2, 0.25) is 0 Å². The van der Waals surface area contributed by atoms with Crippen molar-refractivity contribution in [2.24, 2.45) is 7.05 Å². The minimum Gasteiger partial charge on any atom is -0.312 e. The van der Waals surface area contributed by atoms with Crippen molar-refractivity contribution in [2.45, 2.75) is 13.8 Å². The average molecular weight is 221 g/mol. The van der Waals surface area contributed by atoms with Gasteiger partial charge in [-0.3, -0.25) is 5.21 Å².